The van der Waals surface area contributed by atoms with Gasteiger partial charge in [0.1, 0.15) is 5.58 Å². The highest BCUT2D eigenvalue weighted by atomic mass is 16.3. The predicted molar refractivity (Wildman–Crippen MR) is 212 cm³/mol. The number of anilines is 3. The number of hydrogen-bond donors (Lipinski definition) is 0. The summed E-state index contributed by atoms with van der Waals surface area (Å²) in [5, 5.41) is 9.86. The second-order valence-electron chi connectivity index (χ2n) is 12.9. The Hall–Kier alpha value is -6.64. The molecule has 2 nitrogen and oxygen atoms in total. The lowest BCUT2D eigenvalue weighted by atomic mass is 9.94. The second kappa shape index (κ2) is 11.5. The highest BCUT2D eigenvalue weighted by molar-refractivity contribution is 6.20. The van der Waals surface area contributed by atoms with Crippen LogP contribution in [0.4, 0.5) is 17.1 Å². The van der Waals surface area contributed by atoms with Crippen LogP contribution in [0.5, 0.6) is 0 Å². The number of benzene rings is 9. The number of fused-ring (bicyclic) bond motifs is 8. The number of furan rings is 1. The first-order valence-electron chi connectivity index (χ1n) is 17.1. The summed E-state index contributed by atoms with van der Waals surface area (Å²) in [5.74, 6) is 0. The Labute approximate surface area is 290 Å². The molecule has 1 heterocycles. The molecule has 0 saturated heterocycles. The largest absolute Gasteiger partial charge is 0.454 e. The molecule has 0 amide bonds. The van der Waals surface area contributed by atoms with E-state index in [1.807, 2.05) is 12.1 Å². The van der Waals surface area contributed by atoms with Crippen LogP contribution in [0.2, 0.25) is 0 Å². The van der Waals surface area contributed by atoms with E-state index in [1.54, 1.807) is 0 Å². The molecule has 0 aliphatic heterocycles. The standard InChI is InChI=1S/C48H31NO/c1-2-11-33(12-3-1)39-14-6-8-18-44(39)49(45-19-10-17-42-41-16-7-9-20-46(41)50-48(42)45)38-29-27-32(28-30-38)37-26-23-35-22-25-36-24-21-34-13-4-5-15-40(34)47(36)43(35)31-37/h1-31H. The van der Waals surface area contributed by atoms with E-state index in [2.05, 4.69) is 181 Å². The molecule has 9 aromatic carbocycles. The van der Waals surface area contributed by atoms with Crippen molar-refractivity contribution in [1.82, 2.24) is 0 Å². The van der Waals surface area contributed by atoms with Crippen molar-refractivity contribution in [2.45, 2.75) is 0 Å². The molecule has 0 atom stereocenters. The van der Waals surface area contributed by atoms with Gasteiger partial charge in [0.05, 0.1) is 11.4 Å². The van der Waals surface area contributed by atoms with Gasteiger partial charge < -0.3 is 9.32 Å². The van der Waals surface area contributed by atoms with Crippen LogP contribution >= 0.6 is 0 Å². The zero-order valence-corrected chi connectivity index (χ0v) is 27.3. The molecule has 0 fully saturated rings. The van der Waals surface area contributed by atoms with Gasteiger partial charge in [0.2, 0.25) is 0 Å². The van der Waals surface area contributed by atoms with Crippen LogP contribution in [-0.4, -0.2) is 0 Å². The molecular weight excluding hydrogens is 607 g/mol. The van der Waals surface area contributed by atoms with Crippen molar-refractivity contribution in [2.24, 2.45) is 0 Å². The van der Waals surface area contributed by atoms with E-state index in [4.69, 9.17) is 4.42 Å². The van der Waals surface area contributed by atoms with E-state index >= 15 is 0 Å². The minimum absolute atomic E-state index is 0.870. The molecule has 10 aromatic rings. The third-order valence-electron chi connectivity index (χ3n) is 10.0. The molecule has 0 aliphatic rings. The van der Waals surface area contributed by atoms with Gasteiger partial charge in [0.25, 0.3) is 0 Å². The summed E-state index contributed by atoms with van der Waals surface area (Å²) in [6.45, 7) is 0. The Morgan fingerprint density at radius 1 is 0.360 bits per heavy atom. The van der Waals surface area contributed by atoms with E-state index in [9.17, 15) is 0 Å². The lowest BCUT2D eigenvalue weighted by Gasteiger charge is -2.28. The smallest absolute Gasteiger partial charge is 0.159 e. The van der Waals surface area contributed by atoms with Gasteiger partial charge in [-0.05, 0) is 85.4 Å². The minimum atomic E-state index is 0.870. The molecule has 1 aromatic heterocycles. The Morgan fingerprint density at radius 2 is 0.980 bits per heavy atom. The molecule has 0 unspecified atom stereocenters. The molecule has 50 heavy (non-hydrogen) atoms. The lowest BCUT2D eigenvalue weighted by molar-refractivity contribution is 0.669. The maximum Gasteiger partial charge on any atom is 0.159 e. The number of nitrogens with zero attached hydrogens (tertiary/aromatic N) is 1. The molecule has 0 radical (unpaired) electrons. The van der Waals surface area contributed by atoms with Gasteiger partial charge in [-0.25, -0.2) is 0 Å². The normalized spacial score (nSPS) is 11.6. The first-order chi connectivity index (χ1) is 24.8. The quantitative estimate of drug-likeness (QED) is 0.175. The molecule has 0 saturated carbocycles. The van der Waals surface area contributed by atoms with Gasteiger partial charge >= 0.3 is 0 Å². The lowest BCUT2D eigenvalue weighted by Crippen LogP contribution is -2.11. The number of hydrogen-bond acceptors (Lipinski definition) is 2. The number of rotatable bonds is 5. The van der Waals surface area contributed by atoms with Gasteiger partial charge in [-0.15, -0.1) is 0 Å². The summed E-state index contributed by atoms with van der Waals surface area (Å²) in [6.07, 6.45) is 0. The topological polar surface area (TPSA) is 16.4 Å². The summed E-state index contributed by atoms with van der Waals surface area (Å²) < 4.78 is 6.61. The third kappa shape index (κ3) is 4.57. The molecule has 0 N–H and O–H groups in total. The molecule has 0 aliphatic carbocycles. The fourth-order valence-electron chi connectivity index (χ4n) is 7.65. The highest BCUT2D eigenvalue weighted by Gasteiger charge is 2.22. The summed E-state index contributed by atoms with van der Waals surface area (Å²) >= 11 is 0. The van der Waals surface area contributed by atoms with E-state index in [-0.39, 0.29) is 0 Å². The average Bonchev–Trinajstić information content (AvgIpc) is 3.58. The van der Waals surface area contributed by atoms with Crippen molar-refractivity contribution >= 4 is 71.3 Å². The van der Waals surface area contributed by atoms with Crippen molar-refractivity contribution in [3.63, 3.8) is 0 Å². The van der Waals surface area contributed by atoms with Crippen LogP contribution in [0, 0.1) is 0 Å². The first-order valence-corrected chi connectivity index (χ1v) is 17.1. The average molecular weight is 638 g/mol. The Balaban J connectivity index is 1.15. The van der Waals surface area contributed by atoms with E-state index < -0.39 is 0 Å². The van der Waals surface area contributed by atoms with Crippen LogP contribution in [0.3, 0.4) is 0 Å². The van der Waals surface area contributed by atoms with Crippen molar-refractivity contribution in [3.05, 3.63) is 188 Å². The fourth-order valence-corrected chi connectivity index (χ4v) is 7.65. The van der Waals surface area contributed by atoms with Gasteiger partial charge in [0.15, 0.2) is 5.58 Å². The second-order valence-corrected chi connectivity index (χ2v) is 12.9. The van der Waals surface area contributed by atoms with Crippen molar-refractivity contribution < 1.29 is 4.42 Å². The van der Waals surface area contributed by atoms with Crippen LogP contribution in [-0.2, 0) is 0 Å². The van der Waals surface area contributed by atoms with Gasteiger partial charge in [-0.3, -0.25) is 0 Å². The zero-order valence-electron chi connectivity index (χ0n) is 27.3. The number of para-hydroxylation sites is 3. The Morgan fingerprint density at radius 3 is 1.84 bits per heavy atom. The van der Waals surface area contributed by atoms with Gasteiger partial charge in [0, 0.05) is 22.0 Å². The van der Waals surface area contributed by atoms with E-state index in [0.29, 0.717) is 0 Å². The minimum Gasteiger partial charge on any atom is -0.454 e. The van der Waals surface area contributed by atoms with Crippen LogP contribution < -0.4 is 4.90 Å². The monoisotopic (exact) mass is 637 g/mol. The van der Waals surface area contributed by atoms with Gasteiger partial charge in [-0.1, -0.05) is 152 Å². The fraction of sp³-hybridized carbons (Fsp3) is 0. The van der Waals surface area contributed by atoms with Crippen molar-refractivity contribution in [3.8, 4) is 22.3 Å². The highest BCUT2D eigenvalue weighted by Crippen LogP contribution is 2.45. The van der Waals surface area contributed by atoms with E-state index in [0.717, 1.165) is 50.1 Å². The molecule has 0 spiro atoms. The van der Waals surface area contributed by atoms with Gasteiger partial charge in [-0.2, -0.15) is 0 Å². The van der Waals surface area contributed by atoms with Crippen molar-refractivity contribution in [2.75, 3.05) is 4.90 Å². The summed E-state index contributed by atoms with van der Waals surface area (Å²) in [6, 6.07) is 67.4. The SMILES string of the molecule is c1ccc(-c2ccccc2N(c2ccc(-c3ccc4ccc5ccc6ccccc6c5c4c3)cc2)c2cccc3c2oc2ccccc23)cc1. The maximum atomic E-state index is 6.61. The molecule has 234 valence electrons. The predicted octanol–water partition coefficient (Wildman–Crippen LogP) is 13.8. The summed E-state index contributed by atoms with van der Waals surface area (Å²) in [4.78, 5) is 2.34. The van der Waals surface area contributed by atoms with Crippen LogP contribution in [0.25, 0.3) is 76.5 Å². The first kappa shape index (κ1) is 28.4. The maximum absolute atomic E-state index is 6.61. The van der Waals surface area contributed by atoms with Crippen molar-refractivity contribution in [1.29, 1.82) is 0 Å². The summed E-state index contributed by atoms with van der Waals surface area (Å²) in [5.41, 5.74) is 9.58. The molecule has 2 heteroatoms. The third-order valence-corrected chi connectivity index (χ3v) is 10.0. The van der Waals surface area contributed by atoms with Crippen LogP contribution in [0.1, 0.15) is 0 Å². The molecule has 0 bridgehead atoms. The molecule has 10 rings (SSSR count). The van der Waals surface area contributed by atoms with E-state index in [1.165, 1.54) is 43.4 Å². The Kier molecular flexibility index (Phi) is 6.53. The summed E-state index contributed by atoms with van der Waals surface area (Å²) in [7, 11) is 0. The molecular formula is C48H31NO. The zero-order chi connectivity index (χ0) is 33.0. The van der Waals surface area contributed by atoms with Crippen LogP contribution in [0.15, 0.2) is 192 Å². The Bertz CT molecular complexity index is 2860.